The number of nitrogens with one attached hydrogen (secondary N) is 2. The molecular formula is C34H36BrN3O5S. The number of nitrogens with zero attached hydrogens (tertiary/aromatic N) is 1. The van der Waals surface area contributed by atoms with Gasteiger partial charge in [-0.2, -0.15) is 0 Å². The molecule has 1 spiro atoms. The van der Waals surface area contributed by atoms with Crippen molar-refractivity contribution in [2.24, 2.45) is 11.8 Å². The fourth-order valence-corrected chi connectivity index (χ4v) is 10.7. The molecule has 6 rings (SSSR count). The number of amides is 3. The Morgan fingerprint density at radius 1 is 1.07 bits per heavy atom. The van der Waals surface area contributed by atoms with E-state index >= 15 is 0 Å². The van der Waals surface area contributed by atoms with Gasteiger partial charge in [0.25, 0.3) is 0 Å². The second kappa shape index (κ2) is 12.2. The van der Waals surface area contributed by atoms with Gasteiger partial charge in [0.15, 0.2) is 0 Å². The van der Waals surface area contributed by atoms with Gasteiger partial charge in [-0.05, 0) is 74.2 Å². The first-order chi connectivity index (χ1) is 21.2. The van der Waals surface area contributed by atoms with Crippen molar-refractivity contribution in [3.8, 4) is 5.75 Å². The number of anilines is 2. The summed E-state index contributed by atoms with van der Waals surface area (Å²) in [5, 5.41) is 16.7. The Kier molecular flexibility index (Phi) is 8.52. The number of halogens is 1. The molecule has 3 fully saturated rings. The van der Waals surface area contributed by atoms with Crippen molar-refractivity contribution >= 4 is 56.8 Å². The number of aryl methyl sites for hydroxylation is 2. The number of carbonyl (C=O) groups excluding carboxylic acids is 3. The highest BCUT2D eigenvalue weighted by atomic mass is 79.9. The lowest BCUT2D eigenvalue weighted by Crippen LogP contribution is -2.53. The Morgan fingerprint density at radius 3 is 2.48 bits per heavy atom. The van der Waals surface area contributed by atoms with Gasteiger partial charge in [0, 0.05) is 21.5 Å². The minimum absolute atomic E-state index is 0.0760. The highest BCUT2D eigenvalue weighted by Crippen LogP contribution is 2.68. The van der Waals surface area contributed by atoms with Gasteiger partial charge < -0.3 is 25.4 Å². The number of thioether (sulfide) groups is 1. The molecule has 3 aromatic carbocycles. The molecule has 0 aromatic heterocycles. The first-order valence-corrected chi connectivity index (χ1v) is 16.7. The van der Waals surface area contributed by atoms with Crippen LogP contribution in [0, 0.1) is 25.7 Å². The van der Waals surface area contributed by atoms with E-state index in [2.05, 4.69) is 26.6 Å². The number of likely N-dealkylation sites (tertiary alicyclic amines) is 1. The van der Waals surface area contributed by atoms with Gasteiger partial charge >= 0.3 is 0 Å². The number of aliphatic hydroxyl groups is 1. The Bertz CT molecular complexity index is 1570. The van der Waals surface area contributed by atoms with Gasteiger partial charge in [0.05, 0.1) is 35.8 Å². The maximum atomic E-state index is 14.6. The average Bonchev–Trinajstić information content (AvgIpc) is 3.60. The molecule has 2 bridgehead atoms. The molecule has 3 aliphatic rings. The van der Waals surface area contributed by atoms with Crippen molar-refractivity contribution < 1.29 is 24.2 Å². The van der Waals surface area contributed by atoms with Crippen LogP contribution >= 0.6 is 27.7 Å². The summed E-state index contributed by atoms with van der Waals surface area (Å²) in [5.41, 5.74) is 3.93. The van der Waals surface area contributed by atoms with Crippen molar-refractivity contribution in [1.29, 1.82) is 0 Å². The van der Waals surface area contributed by atoms with Crippen LogP contribution in [0.5, 0.6) is 5.75 Å². The van der Waals surface area contributed by atoms with Crippen LogP contribution in [0.25, 0.3) is 0 Å². The van der Waals surface area contributed by atoms with Crippen molar-refractivity contribution in [3.63, 3.8) is 0 Å². The molecule has 3 aromatic rings. The Morgan fingerprint density at radius 2 is 1.80 bits per heavy atom. The minimum atomic E-state index is -0.907. The quantitative estimate of drug-likeness (QED) is 0.259. The van der Waals surface area contributed by atoms with Crippen LogP contribution in [0.4, 0.5) is 11.4 Å². The highest BCUT2D eigenvalue weighted by molar-refractivity contribution is 9.09. The molecular weight excluding hydrogens is 642 g/mol. The molecule has 3 N–H and O–H groups in total. The van der Waals surface area contributed by atoms with Crippen LogP contribution in [-0.2, 0) is 14.4 Å². The predicted octanol–water partition coefficient (Wildman–Crippen LogP) is 5.48. The molecule has 230 valence electrons. The predicted molar refractivity (Wildman–Crippen MR) is 176 cm³/mol. The van der Waals surface area contributed by atoms with E-state index in [1.165, 1.54) is 0 Å². The molecule has 0 radical (unpaired) electrons. The third-order valence-electron chi connectivity index (χ3n) is 9.06. The number of benzene rings is 3. The average molecular weight is 679 g/mol. The van der Waals surface area contributed by atoms with Gasteiger partial charge in [-0.1, -0.05) is 58.4 Å². The van der Waals surface area contributed by atoms with Gasteiger partial charge in [-0.25, -0.2) is 0 Å². The van der Waals surface area contributed by atoms with E-state index < -0.39 is 28.7 Å². The minimum Gasteiger partial charge on any atom is -0.494 e. The number of carbonyl (C=O) groups is 3. The Balaban J connectivity index is 1.39. The number of ether oxygens (including phenoxy) is 1. The van der Waals surface area contributed by atoms with Crippen LogP contribution in [0.2, 0.25) is 0 Å². The number of alkyl halides is 1. The van der Waals surface area contributed by atoms with Gasteiger partial charge in [-0.15, -0.1) is 11.8 Å². The normalized spacial score (nSPS) is 27.6. The summed E-state index contributed by atoms with van der Waals surface area (Å²) >= 11 is 5.39. The third kappa shape index (κ3) is 5.20. The zero-order valence-electron chi connectivity index (χ0n) is 24.8. The number of hydrogen-bond donors (Lipinski definition) is 3. The second-order valence-corrected chi connectivity index (χ2v) is 14.5. The monoisotopic (exact) mass is 677 g/mol. The SMILES string of the molecule is CCOc1ccc(NC(=O)[C@H]2[C@@H]3SC4(CC3Br)C(C(=O)Nc3cc(C)ccc3C)N([C@H](CO)c3ccccc3)C(=O)[C@H]24)cc1. The summed E-state index contributed by atoms with van der Waals surface area (Å²) in [6.45, 7) is 5.98. The maximum absolute atomic E-state index is 14.6. The first kappa shape index (κ1) is 30.7. The summed E-state index contributed by atoms with van der Waals surface area (Å²) in [7, 11) is 0. The summed E-state index contributed by atoms with van der Waals surface area (Å²) in [6.07, 6.45) is 0.542. The fraction of sp³-hybridized carbons (Fsp3) is 0.382. The number of fused-ring (bicyclic) bond motifs is 1. The van der Waals surface area contributed by atoms with Gasteiger partial charge in [0.2, 0.25) is 17.7 Å². The molecule has 3 saturated heterocycles. The molecule has 0 aliphatic carbocycles. The van der Waals surface area contributed by atoms with Gasteiger partial charge in [-0.3, -0.25) is 14.4 Å². The first-order valence-electron chi connectivity index (χ1n) is 14.9. The van der Waals surface area contributed by atoms with Crippen LogP contribution in [-0.4, -0.2) is 61.8 Å². The lowest BCUT2D eigenvalue weighted by molar-refractivity contribution is -0.141. The van der Waals surface area contributed by atoms with Crippen LogP contribution < -0.4 is 15.4 Å². The molecule has 3 aliphatic heterocycles. The van der Waals surface area contributed by atoms with Crippen molar-refractivity contribution in [1.82, 2.24) is 4.90 Å². The topological polar surface area (TPSA) is 108 Å². The molecule has 8 nitrogen and oxygen atoms in total. The van der Waals surface area contributed by atoms with E-state index in [1.807, 2.05) is 69.3 Å². The van der Waals surface area contributed by atoms with Crippen molar-refractivity contribution in [2.75, 3.05) is 23.8 Å². The fourth-order valence-electron chi connectivity index (χ4n) is 7.13. The molecule has 3 unspecified atom stereocenters. The standard InChI is InChI=1S/C34H36BrN3O5S/c1-4-43-23-14-12-22(13-15-23)36-31(40)27-28-33(42)38(26(18-39)21-8-6-5-7-9-21)30(34(28)17-24(35)29(27)44-34)32(41)37-25-16-19(2)10-11-20(25)3/h5-16,24,26-30,39H,4,17-18H2,1-3H3,(H,36,40)(H,37,41)/t24?,26-,27-,28+,29-,30?,34?/m1/s1. The number of hydrogen-bond acceptors (Lipinski definition) is 6. The van der Waals surface area contributed by atoms with E-state index in [0.29, 0.717) is 30.2 Å². The lowest BCUT2D eigenvalue weighted by Gasteiger charge is -2.37. The zero-order chi connectivity index (χ0) is 31.2. The lowest BCUT2D eigenvalue weighted by atomic mass is 9.70. The Labute approximate surface area is 270 Å². The van der Waals surface area contributed by atoms with E-state index in [0.717, 1.165) is 16.7 Å². The number of aliphatic hydroxyl groups excluding tert-OH is 1. The molecule has 10 heteroatoms. The molecule has 0 saturated carbocycles. The van der Waals surface area contributed by atoms with E-state index in [1.54, 1.807) is 40.9 Å². The number of rotatable bonds is 9. The van der Waals surface area contributed by atoms with Crippen molar-refractivity contribution in [2.45, 2.75) is 54.1 Å². The zero-order valence-corrected chi connectivity index (χ0v) is 27.2. The van der Waals surface area contributed by atoms with Crippen LogP contribution in [0.3, 0.4) is 0 Å². The van der Waals surface area contributed by atoms with Crippen molar-refractivity contribution in [3.05, 3.63) is 89.5 Å². The van der Waals surface area contributed by atoms with E-state index in [9.17, 15) is 19.5 Å². The molecule has 7 atom stereocenters. The summed E-state index contributed by atoms with van der Waals surface area (Å²) < 4.78 is 4.67. The third-order valence-corrected chi connectivity index (χ3v) is 12.3. The highest BCUT2D eigenvalue weighted by Gasteiger charge is 2.76. The second-order valence-electron chi connectivity index (χ2n) is 11.8. The summed E-state index contributed by atoms with van der Waals surface area (Å²) in [6, 6.07) is 20.6. The van der Waals surface area contributed by atoms with E-state index in [-0.39, 0.29) is 34.4 Å². The van der Waals surface area contributed by atoms with E-state index in [4.69, 9.17) is 4.74 Å². The van der Waals surface area contributed by atoms with Gasteiger partial charge in [0.1, 0.15) is 11.8 Å². The summed E-state index contributed by atoms with van der Waals surface area (Å²) in [5.74, 6) is -1.56. The summed E-state index contributed by atoms with van der Waals surface area (Å²) in [4.78, 5) is 44.6. The van der Waals surface area contributed by atoms with Crippen LogP contribution in [0.1, 0.15) is 36.1 Å². The van der Waals surface area contributed by atoms with Crippen LogP contribution in [0.15, 0.2) is 72.8 Å². The smallest absolute Gasteiger partial charge is 0.248 e. The largest absolute Gasteiger partial charge is 0.494 e. The molecule has 3 heterocycles. The Hall–Kier alpha value is -3.34. The molecule has 44 heavy (non-hydrogen) atoms. The molecule has 3 amide bonds. The maximum Gasteiger partial charge on any atom is 0.248 e.